The molecule has 4 rings (SSSR count). The Morgan fingerprint density at radius 3 is 2.41 bits per heavy atom. The lowest BCUT2D eigenvalue weighted by atomic mass is 9.72. The summed E-state index contributed by atoms with van der Waals surface area (Å²) in [6.07, 6.45) is 2.91. The Hall–Kier alpha value is -2.33. The number of amides is 1. The molecule has 0 aliphatic carbocycles. The first kappa shape index (κ1) is 20.0. The summed E-state index contributed by atoms with van der Waals surface area (Å²) >= 11 is 0. The molecule has 1 atom stereocenters. The first-order valence-corrected chi connectivity index (χ1v) is 10.9. The van der Waals surface area contributed by atoms with Gasteiger partial charge in [-0.1, -0.05) is 48.0 Å². The summed E-state index contributed by atoms with van der Waals surface area (Å²) in [7, 11) is 2.14. The van der Waals surface area contributed by atoms with Crippen LogP contribution in [0.15, 0.2) is 54.6 Å². The lowest BCUT2D eigenvalue weighted by Crippen LogP contribution is -2.51. The average Bonchev–Trinajstić information content (AvgIpc) is 3.23. The van der Waals surface area contributed by atoms with E-state index < -0.39 is 0 Å². The van der Waals surface area contributed by atoms with E-state index in [1.54, 1.807) is 0 Å². The van der Waals surface area contributed by atoms with Crippen molar-refractivity contribution in [2.75, 3.05) is 44.7 Å². The number of carbonyl (C=O) groups is 1. The van der Waals surface area contributed by atoms with Gasteiger partial charge >= 0.3 is 0 Å². The third kappa shape index (κ3) is 4.32. The lowest BCUT2D eigenvalue weighted by Gasteiger charge is -2.40. The van der Waals surface area contributed by atoms with Crippen molar-refractivity contribution in [3.63, 3.8) is 0 Å². The van der Waals surface area contributed by atoms with E-state index in [1.807, 2.05) is 6.07 Å². The highest BCUT2D eigenvalue weighted by Gasteiger charge is 2.42. The maximum atomic E-state index is 13.4. The molecule has 2 aliphatic heterocycles. The summed E-state index contributed by atoms with van der Waals surface area (Å²) in [6, 6.07) is 19.2. The molecule has 0 spiro atoms. The molecule has 2 saturated heterocycles. The van der Waals surface area contributed by atoms with Crippen molar-refractivity contribution >= 4 is 11.6 Å². The van der Waals surface area contributed by atoms with Crippen molar-refractivity contribution in [2.45, 2.75) is 31.6 Å². The number of benzene rings is 2. The average molecular weight is 392 g/mol. The summed E-state index contributed by atoms with van der Waals surface area (Å²) in [5.74, 6) is 0.727. The van der Waals surface area contributed by atoms with Crippen LogP contribution in [0.3, 0.4) is 0 Å². The quantitative estimate of drug-likeness (QED) is 0.846. The summed E-state index contributed by atoms with van der Waals surface area (Å²) in [5.41, 5.74) is 3.36. The predicted octanol–water partition coefficient (Wildman–Crippen LogP) is 3.60. The number of carbonyl (C=O) groups excluding carboxylic acids is 1. The molecule has 0 saturated carbocycles. The summed E-state index contributed by atoms with van der Waals surface area (Å²) in [4.78, 5) is 18.2. The van der Waals surface area contributed by atoms with Gasteiger partial charge in [-0.15, -0.1) is 0 Å². The molecule has 2 aromatic rings. The Balaban J connectivity index is 1.39. The molecule has 2 aliphatic rings. The molecule has 0 bridgehead atoms. The zero-order valence-corrected chi connectivity index (χ0v) is 17.7. The fraction of sp³-hybridized carbons (Fsp3) is 0.480. The van der Waals surface area contributed by atoms with Crippen LogP contribution in [-0.2, 0) is 10.2 Å². The number of hydrogen-bond acceptors (Lipinski definition) is 3. The minimum atomic E-state index is -0.386. The van der Waals surface area contributed by atoms with Gasteiger partial charge in [-0.25, -0.2) is 0 Å². The number of piperidine rings is 1. The summed E-state index contributed by atoms with van der Waals surface area (Å²) in [5, 5.41) is 3.35. The van der Waals surface area contributed by atoms with E-state index in [0.29, 0.717) is 5.92 Å². The molecule has 4 heteroatoms. The van der Waals surface area contributed by atoms with Crippen molar-refractivity contribution in [1.29, 1.82) is 0 Å². The topological polar surface area (TPSA) is 35.6 Å². The van der Waals surface area contributed by atoms with Crippen LogP contribution in [0.4, 0.5) is 5.69 Å². The number of nitrogens with one attached hydrogen (secondary N) is 1. The summed E-state index contributed by atoms with van der Waals surface area (Å²) in [6.45, 7) is 6.91. The van der Waals surface area contributed by atoms with E-state index in [2.05, 4.69) is 77.6 Å². The van der Waals surface area contributed by atoms with Gasteiger partial charge in [0.25, 0.3) is 0 Å². The Kier molecular flexibility index (Phi) is 5.91. The van der Waals surface area contributed by atoms with Gasteiger partial charge in [0.15, 0.2) is 0 Å². The molecule has 2 aromatic carbocycles. The minimum absolute atomic E-state index is 0.214. The maximum Gasteiger partial charge on any atom is 0.230 e. The highest BCUT2D eigenvalue weighted by Crippen LogP contribution is 2.35. The van der Waals surface area contributed by atoms with E-state index in [4.69, 9.17) is 0 Å². The third-order valence-electron chi connectivity index (χ3n) is 6.84. The van der Waals surface area contributed by atoms with Crippen molar-refractivity contribution in [3.05, 3.63) is 65.7 Å². The fourth-order valence-electron chi connectivity index (χ4n) is 4.80. The number of likely N-dealkylation sites (tertiary alicyclic amines) is 1. The lowest BCUT2D eigenvalue weighted by molar-refractivity contribution is -0.128. The van der Waals surface area contributed by atoms with Gasteiger partial charge in [0.2, 0.25) is 5.91 Å². The van der Waals surface area contributed by atoms with Gasteiger partial charge in [-0.2, -0.15) is 0 Å². The fourth-order valence-corrected chi connectivity index (χ4v) is 4.80. The van der Waals surface area contributed by atoms with Crippen LogP contribution in [-0.4, -0.2) is 50.6 Å². The first-order chi connectivity index (χ1) is 14.1. The molecular weight excluding hydrogens is 358 g/mol. The van der Waals surface area contributed by atoms with Crippen LogP contribution >= 0.6 is 0 Å². The molecule has 0 unspecified atom stereocenters. The summed E-state index contributed by atoms with van der Waals surface area (Å²) < 4.78 is 0. The second-order valence-corrected chi connectivity index (χ2v) is 8.90. The van der Waals surface area contributed by atoms with Crippen LogP contribution in [0.5, 0.6) is 0 Å². The minimum Gasteiger partial charge on any atom is -0.371 e. The molecule has 2 fully saturated rings. The Bertz CT molecular complexity index is 810. The van der Waals surface area contributed by atoms with Crippen LogP contribution in [0.25, 0.3) is 0 Å². The van der Waals surface area contributed by atoms with Gasteiger partial charge in [0.1, 0.15) is 0 Å². The van der Waals surface area contributed by atoms with Crippen LogP contribution in [0.1, 0.15) is 30.4 Å². The molecule has 29 heavy (non-hydrogen) atoms. The van der Waals surface area contributed by atoms with Gasteiger partial charge in [-0.3, -0.25) is 4.79 Å². The molecule has 0 radical (unpaired) electrons. The Morgan fingerprint density at radius 1 is 1.03 bits per heavy atom. The third-order valence-corrected chi connectivity index (χ3v) is 6.84. The van der Waals surface area contributed by atoms with E-state index in [9.17, 15) is 4.79 Å². The van der Waals surface area contributed by atoms with Gasteiger partial charge in [0.05, 0.1) is 5.41 Å². The van der Waals surface area contributed by atoms with E-state index in [1.165, 1.54) is 16.8 Å². The highest BCUT2D eigenvalue weighted by molar-refractivity contribution is 5.88. The smallest absolute Gasteiger partial charge is 0.230 e. The predicted molar refractivity (Wildman–Crippen MR) is 119 cm³/mol. The van der Waals surface area contributed by atoms with E-state index >= 15 is 0 Å². The molecule has 2 heterocycles. The first-order valence-electron chi connectivity index (χ1n) is 10.9. The van der Waals surface area contributed by atoms with Crippen molar-refractivity contribution in [1.82, 2.24) is 10.2 Å². The molecule has 1 N–H and O–H groups in total. The molecular formula is C25H33N3O. The van der Waals surface area contributed by atoms with Gasteiger partial charge < -0.3 is 15.1 Å². The normalized spacial score (nSPS) is 21.9. The number of aryl methyl sites for hydroxylation is 1. The van der Waals surface area contributed by atoms with Crippen LogP contribution in [0, 0.1) is 12.8 Å². The number of hydrogen-bond donors (Lipinski definition) is 1. The van der Waals surface area contributed by atoms with Crippen LogP contribution < -0.4 is 10.2 Å². The zero-order valence-electron chi connectivity index (χ0n) is 17.7. The number of anilines is 1. The largest absolute Gasteiger partial charge is 0.371 e. The molecule has 4 nitrogen and oxygen atoms in total. The zero-order chi connectivity index (χ0) is 20.3. The van der Waals surface area contributed by atoms with Gasteiger partial charge in [-0.05, 0) is 69.9 Å². The number of nitrogens with zero attached hydrogens (tertiary/aromatic N) is 2. The van der Waals surface area contributed by atoms with Gasteiger partial charge in [0, 0.05) is 25.3 Å². The monoisotopic (exact) mass is 391 g/mol. The second-order valence-electron chi connectivity index (χ2n) is 8.90. The maximum absolute atomic E-state index is 13.4. The van der Waals surface area contributed by atoms with Crippen molar-refractivity contribution in [2.24, 2.45) is 5.92 Å². The standard InChI is InChI=1S/C25H33N3O/c1-20-8-10-23(11-9-20)28-15-12-21(19-28)18-26-24(29)25(13-16-27(2)17-14-25)22-6-4-3-5-7-22/h3-11,21H,12-19H2,1-2H3,(H,26,29)/t21-/m0/s1. The molecule has 0 aromatic heterocycles. The Labute approximate surface area is 174 Å². The van der Waals surface area contributed by atoms with Crippen LogP contribution in [0.2, 0.25) is 0 Å². The van der Waals surface area contributed by atoms with E-state index in [0.717, 1.165) is 52.0 Å². The Morgan fingerprint density at radius 2 is 1.72 bits per heavy atom. The van der Waals surface area contributed by atoms with E-state index in [-0.39, 0.29) is 11.3 Å². The SMILES string of the molecule is Cc1ccc(N2CC[C@@H](CNC(=O)C3(c4ccccc4)CCN(C)CC3)C2)cc1. The second kappa shape index (κ2) is 8.58. The molecule has 1 amide bonds. The van der Waals surface area contributed by atoms with Crippen molar-refractivity contribution < 1.29 is 4.79 Å². The molecule has 154 valence electrons. The number of rotatable bonds is 5. The highest BCUT2D eigenvalue weighted by atomic mass is 16.2. The van der Waals surface area contributed by atoms with Crippen molar-refractivity contribution in [3.8, 4) is 0 Å².